The van der Waals surface area contributed by atoms with Crippen molar-refractivity contribution in [3.05, 3.63) is 83.8 Å². The van der Waals surface area contributed by atoms with Crippen LogP contribution in [0, 0.1) is 20.8 Å². The molecule has 0 unspecified atom stereocenters. The number of hydrogen-bond acceptors (Lipinski definition) is 5. The smallest absolute Gasteiger partial charge is 0.324 e. The van der Waals surface area contributed by atoms with Crippen molar-refractivity contribution >= 4 is 40.2 Å². The molecule has 0 aliphatic carbocycles. The van der Waals surface area contributed by atoms with Crippen LogP contribution in [0.5, 0.6) is 0 Å². The zero-order valence-electron chi connectivity index (χ0n) is 18.0. The Morgan fingerprint density at radius 2 is 1.56 bits per heavy atom. The Labute approximate surface area is 185 Å². The summed E-state index contributed by atoms with van der Waals surface area (Å²) < 4.78 is 0. The van der Waals surface area contributed by atoms with Crippen LogP contribution in [0.4, 0.5) is 22.1 Å². The Morgan fingerprint density at radius 3 is 2.31 bits per heavy atom. The Morgan fingerprint density at radius 1 is 0.844 bits per heavy atom. The van der Waals surface area contributed by atoms with Crippen molar-refractivity contribution < 1.29 is 4.79 Å². The number of anilines is 2. The van der Waals surface area contributed by atoms with E-state index in [0.29, 0.717) is 11.4 Å². The Hall–Kier alpha value is -4.33. The highest BCUT2D eigenvalue weighted by Crippen LogP contribution is 2.17. The van der Waals surface area contributed by atoms with Crippen LogP contribution in [0.15, 0.2) is 71.9 Å². The first kappa shape index (κ1) is 20.9. The predicted molar refractivity (Wildman–Crippen MR) is 127 cm³/mol. The maximum absolute atomic E-state index is 12.6. The van der Waals surface area contributed by atoms with Gasteiger partial charge in [0.2, 0.25) is 5.96 Å². The van der Waals surface area contributed by atoms with Crippen molar-refractivity contribution in [3.8, 4) is 0 Å². The second-order valence-corrected chi connectivity index (χ2v) is 7.40. The maximum Gasteiger partial charge on any atom is 0.326 e. The first-order chi connectivity index (χ1) is 15.4. The number of carbonyl (C=O) groups excluding carboxylic acids is 1. The molecule has 0 bridgehead atoms. The largest absolute Gasteiger partial charge is 0.326 e. The summed E-state index contributed by atoms with van der Waals surface area (Å²) in [5.74, 6) is 0.422. The van der Waals surface area contributed by atoms with Crippen molar-refractivity contribution in [3.63, 3.8) is 0 Å². The number of benzene rings is 2. The molecule has 2 heterocycles. The molecule has 4 rings (SSSR count). The number of urea groups is 1. The lowest BCUT2D eigenvalue weighted by Crippen LogP contribution is -2.38. The van der Waals surface area contributed by atoms with Gasteiger partial charge in [0, 0.05) is 22.5 Å². The van der Waals surface area contributed by atoms with Gasteiger partial charge in [-0.3, -0.25) is 10.3 Å². The van der Waals surface area contributed by atoms with Gasteiger partial charge in [-0.15, -0.1) is 0 Å². The number of pyridine rings is 1. The van der Waals surface area contributed by atoms with Gasteiger partial charge in [-0.1, -0.05) is 35.9 Å². The van der Waals surface area contributed by atoms with Gasteiger partial charge in [0.25, 0.3) is 5.95 Å². The van der Waals surface area contributed by atoms with E-state index in [2.05, 4.69) is 35.9 Å². The molecule has 0 saturated heterocycles. The fourth-order valence-corrected chi connectivity index (χ4v) is 3.13. The molecule has 2 amide bonds. The molecule has 0 atom stereocenters. The molecule has 0 fully saturated rings. The fourth-order valence-electron chi connectivity index (χ4n) is 3.13. The van der Waals surface area contributed by atoms with Crippen LogP contribution in [0.1, 0.15) is 17.0 Å². The molecule has 0 spiro atoms. The lowest BCUT2D eigenvalue weighted by Gasteiger charge is -2.13. The lowest BCUT2D eigenvalue weighted by molar-refractivity contribution is 0.256. The zero-order valence-corrected chi connectivity index (χ0v) is 18.0. The number of para-hydroxylation sites is 1. The molecule has 0 aliphatic heterocycles. The van der Waals surface area contributed by atoms with Gasteiger partial charge in [0.05, 0.1) is 17.4 Å². The van der Waals surface area contributed by atoms with Crippen molar-refractivity contribution in [2.24, 2.45) is 4.99 Å². The van der Waals surface area contributed by atoms with Crippen molar-refractivity contribution in [2.75, 3.05) is 10.6 Å². The summed E-state index contributed by atoms with van der Waals surface area (Å²) >= 11 is 0. The van der Waals surface area contributed by atoms with Crippen LogP contribution in [0.2, 0.25) is 0 Å². The van der Waals surface area contributed by atoms with Gasteiger partial charge < -0.3 is 10.6 Å². The third kappa shape index (κ3) is 5.42. The minimum atomic E-state index is -0.446. The van der Waals surface area contributed by atoms with Crippen LogP contribution >= 0.6 is 0 Å². The monoisotopic (exact) mass is 425 g/mol. The van der Waals surface area contributed by atoms with Gasteiger partial charge >= 0.3 is 6.03 Å². The van der Waals surface area contributed by atoms with Gasteiger partial charge in [-0.05, 0) is 51.1 Å². The third-order valence-electron chi connectivity index (χ3n) is 4.58. The van der Waals surface area contributed by atoms with E-state index in [-0.39, 0.29) is 11.9 Å². The fraction of sp³-hybridized carbons (Fsp3) is 0.125. The van der Waals surface area contributed by atoms with E-state index in [0.717, 1.165) is 27.9 Å². The number of rotatable bonds is 3. The summed E-state index contributed by atoms with van der Waals surface area (Å²) in [6.07, 6.45) is 1.68. The van der Waals surface area contributed by atoms with E-state index >= 15 is 0 Å². The number of aromatic nitrogens is 3. The SMILES string of the molecule is Cc1ccc(NC(=O)N/C(=N/c2nc(C)cc(C)n2)Nc2cnc3ccccc3c2)cc1. The number of nitrogens with zero attached hydrogens (tertiary/aromatic N) is 4. The average molecular weight is 425 g/mol. The number of carbonyl (C=O) groups is 1. The lowest BCUT2D eigenvalue weighted by atomic mass is 10.2. The molecule has 32 heavy (non-hydrogen) atoms. The van der Waals surface area contributed by atoms with Gasteiger partial charge in [0.1, 0.15) is 0 Å². The molecular formula is C24H23N7O. The molecule has 8 nitrogen and oxygen atoms in total. The number of guanidine groups is 1. The summed E-state index contributed by atoms with van der Waals surface area (Å²) in [5, 5.41) is 9.62. The van der Waals surface area contributed by atoms with Crippen molar-refractivity contribution in [1.82, 2.24) is 20.3 Å². The number of nitrogens with one attached hydrogen (secondary N) is 3. The standard InChI is InChI=1S/C24H23N7O/c1-15-8-10-19(11-9-15)29-24(32)31-23(30-22-26-16(2)12-17(3)27-22)28-20-13-18-6-4-5-7-21(18)25-14-20/h4-14H,1-3H3,(H3,26,27,28,29,30,31,32). The molecule has 3 N–H and O–H groups in total. The minimum absolute atomic E-state index is 0.177. The second-order valence-electron chi connectivity index (χ2n) is 7.40. The van der Waals surface area contributed by atoms with Crippen LogP contribution in [-0.4, -0.2) is 26.9 Å². The molecule has 0 saturated carbocycles. The molecule has 2 aromatic carbocycles. The van der Waals surface area contributed by atoms with E-state index in [1.165, 1.54) is 0 Å². The molecule has 8 heteroatoms. The average Bonchev–Trinajstić information content (AvgIpc) is 2.74. The van der Waals surface area contributed by atoms with Gasteiger partial charge in [-0.25, -0.2) is 14.8 Å². The number of aryl methyl sites for hydroxylation is 3. The van der Waals surface area contributed by atoms with E-state index in [4.69, 9.17) is 0 Å². The Bertz CT molecular complexity index is 1280. The highest BCUT2D eigenvalue weighted by molar-refractivity contribution is 6.08. The minimum Gasteiger partial charge on any atom is -0.324 e. The quantitative estimate of drug-likeness (QED) is 0.321. The molecule has 4 aromatic rings. The summed E-state index contributed by atoms with van der Waals surface area (Å²) in [7, 11) is 0. The second kappa shape index (κ2) is 9.22. The number of hydrogen-bond donors (Lipinski definition) is 3. The summed E-state index contributed by atoms with van der Waals surface area (Å²) in [4.78, 5) is 30.2. The van der Waals surface area contributed by atoms with Gasteiger partial charge in [0.15, 0.2) is 0 Å². The van der Waals surface area contributed by atoms with E-state index < -0.39 is 6.03 Å². The van der Waals surface area contributed by atoms with Crippen LogP contribution in [0.25, 0.3) is 10.9 Å². The molecule has 0 radical (unpaired) electrons. The topological polar surface area (TPSA) is 104 Å². The van der Waals surface area contributed by atoms with Gasteiger partial charge in [-0.2, -0.15) is 4.99 Å². The predicted octanol–water partition coefficient (Wildman–Crippen LogP) is 4.87. The highest BCUT2D eigenvalue weighted by atomic mass is 16.2. The van der Waals surface area contributed by atoms with Crippen LogP contribution in [-0.2, 0) is 0 Å². The molecule has 160 valence electrons. The first-order valence-electron chi connectivity index (χ1n) is 10.1. The summed E-state index contributed by atoms with van der Waals surface area (Å²) in [5.41, 5.74) is 4.89. The van der Waals surface area contributed by atoms with Crippen molar-refractivity contribution in [2.45, 2.75) is 20.8 Å². The normalized spacial score (nSPS) is 11.3. The Balaban J connectivity index is 1.61. The van der Waals surface area contributed by atoms with E-state index in [9.17, 15) is 4.79 Å². The summed E-state index contributed by atoms with van der Waals surface area (Å²) in [6, 6.07) is 18.6. The van der Waals surface area contributed by atoms with E-state index in [1.54, 1.807) is 6.20 Å². The molecule has 0 aliphatic rings. The molecule has 2 aromatic heterocycles. The number of aliphatic imine (C=N–C) groups is 1. The zero-order chi connectivity index (χ0) is 22.5. The number of fused-ring (bicyclic) bond motifs is 1. The molecular weight excluding hydrogens is 402 g/mol. The summed E-state index contributed by atoms with van der Waals surface area (Å²) in [6.45, 7) is 5.72. The highest BCUT2D eigenvalue weighted by Gasteiger charge is 2.10. The van der Waals surface area contributed by atoms with Crippen LogP contribution < -0.4 is 16.0 Å². The first-order valence-corrected chi connectivity index (χ1v) is 10.1. The third-order valence-corrected chi connectivity index (χ3v) is 4.58. The Kier molecular flexibility index (Phi) is 6.03. The number of amides is 2. The van der Waals surface area contributed by atoms with Crippen LogP contribution in [0.3, 0.4) is 0 Å². The van der Waals surface area contributed by atoms with Crippen molar-refractivity contribution in [1.29, 1.82) is 0 Å². The van der Waals surface area contributed by atoms with E-state index in [1.807, 2.05) is 81.4 Å². The maximum atomic E-state index is 12.6.